The third-order valence-corrected chi connectivity index (χ3v) is 48.2. The second-order valence-electron chi connectivity index (χ2n) is 16.5. The molecular weight excluding hydrogens is 1320 g/mol. The summed E-state index contributed by atoms with van der Waals surface area (Å²) in [6.07, 6.45) is -8.60. The van der Waals surface area contributed by atoms with Crippen LogP contribution in [0.15, 0.2) is 0 Å². The second-order valence-corrected chi connectivity index (χ2v) is 41.2. The molecule has 6 aliphatic heterocycles. The molecule has 28 nitrogen and oxygen atoms in total. The zero-order valence-electron chi connectivity index (χ0n) is 39.2. The Morgan fingerprint density at radius 2 is 0.292 bits per heavy atom. The Bertz CT molecular complexity index is 1470. The van der Waals surface area contributed by atoms with Crippen LogP contribution in [0.5, 0.6) is 0 Å². The van der Waals surface area contributed by atoms with Crippen LogP contribution < -0.4 is 40.9 Å². The van der Waals surface area contributed by atoms with Gasteiger partial charge in [0, 0.05) is 96.1 Å². The monoisotopic (exact) mass is 1360 g/mol. The standard InChI is InChI=1S/C32H56O28Si8.4Zn/c33-25(34)9-1-17-61-49-62(18-2-10-26(35)36)52-65(21-5-13-29(41)42)54-63(50-61,19-3-11-27(37)38)56-67(23-7-15-31(45)46)57-64(51-61,20-4-12-28(39)40)55-66(53-62,22-6-14-30(43)44)59-68(58-65,60-67)24-8-16-32(47)48;;;;/h1-24H2,(H,33,34)(H,35,36)(H,37,38)(H,39,40)(H,41,42)(H,43,44)(H,45,46)(H,47,48);;;;/q;4*+2/p-8. The van der Waals surface area contributed by atoms with Gasteiger partial charge in [0.15, 0.2) is 0 Å². The summed E-state index contributed by atoms with van der Waals surface area (Å²) in [6.45, 7) is 0. The van der Waals surface area contributed by atoms with Gasteiger partial charge < -0.3 is 129 Å². The van der Waals surface area contributed by atoms with Crippen LogP contribution in [-0.2, 0) is 166 Å². The van der Waals surface area contributed by atoms with Crippen LogP contribution in [0.1, 0.15) is 103 Å². The predicted octanol–water partition coefficient (Wildman–Crippen LogP) is -8.00. The molecule has 0 N–H and O–H groups in total. The first-order chi connectivity index (χ1) is 31.8. The molecule has 72 heavy (non-hydrogen) atoms. The molecule has 6 aliphatic rings. The first-order valence-corrected chi connectivity index (χ1v) is 37.3. The SMILES string of the molecule is O=C([O-])CCC[Si]12O[Si]3(CCCC(=O)[O-])O[Si]4(CCCC(=O)[O-])O[Si](CCCC(=O)[O-])(O1)O[Si]1(CCCC(=O)[O-])O[Si](CCCC(=O)[O-])(O2)O[Si](CCCC(=O)[O-])(O3)O[Si](CCCC(=O)[O-])(O4)O1.[Zn+2].[Zn+2].[Zn+2].[Zn+2]. The summed E-state index contributed by atoms with van der Waals surface area (Å²) in [5.74, 6) is -12.5. The maximum atomic E-state index is 11.9. The summed E-state index contributed by atoms with van der Waals surface area (Å²) in [6, 6.07) is -4.37. The van der Waals surface area contributed by atoms with Crippen molar-refractivity contribution in [1.29, 1.82) is 0 Å². The van der Waals surface area contributed by atoms with Gasteiger partial charge in [0.25, 0.3) is 0 Å². The molecule has 0 amide bonds. The van der Waals surface area contributed by atoms with Crippen molar-refractivity contribution in [3.05, 3.63) is 0 Å². The molecule has 0 saturated carbocycles. The average Bonchev–Trinajstić information content (AvgIpc) is 3.13. The van der Waals surface area contributed by atoms with Gasteiger partial charge in [-0.05, 0) is 103 Å². The molecule has 0 aromatic carbocycles. The van der Waals surface area contributed by atoms with Crippen molar-refractivity contribution >= 4 is 118 Å². The summed E-state index contributed by atoms with van der Waals surface area (Å²) in [5, 5.41) is 95.4. The number of carboxylic acid groups (broad SMARTS) is 8. The maximum Gasteiger partial charge on any atom is 2.00 e. The number of hydrogen-bond acceptors (Lipinski definition) is 28. The molecule has 384 valence electrons. The fourth-order valence-corrected chi connectivity index (χ4v) is 58.6. The predicted molar refractivity (Wildman–Crippen MR) is 211 cm³/mol. The molecule has 6 rings (SSSR count). The molecule has 0 radical (unpaired) electrons. The normalized spacial score (nSPS) is 31.8. The van der Waals surface area contributed by atoms with Crippen molar-refractivity contribution in [1.82, 2.24) is 0 Å². The molecule has 8 bridgehead atoms. The van der Waals surface area contributed by atoms with Crippen LogP contribution in [0.4, 0.5) is 0 Å². The summed E-state index contributed by atoms with van der Waals surface area (Å²) in [5.41, 5.74) is 0. The minimum Gasteiger partial charge on any atom is -0.550 e. The first kappa shape index (κ1) is 69.5. The van der Waals surface area contributed by atoms with Crippen LogP contribution in [0, 0.1) is 0 Å². The van der Waals surface area contributed by atoms with E-state index in [0.29, 0.717) is 0 Å². The van der Waals surface area contributed by atoms with E-state index >= 15 is 0 Å². The molecule has 40 heteroatoms. The maximum absolute atomic E-state index is 11.9. The number of carboxylic acids is 8. The van der Waals surface area contributed by atoms with Gasteiger partial charge in [-0.1, -0.05) is 0 Å². The largest absolute Gasteiger partial charge is 2.00 e. The van der Waals surface area contributed by atoms with Crippen molar-refractivity contribution in [3.8, 4) is 0 Å². The number of carbonyl (C=O) groups excluding carboxylic acids is 8. The number of carbonyl (C=O) groups is 8. The van der Waals surface area contributed by atoms with E-state index in [1.807, 2.05) is 0 Å². The van der Waals surface area contributed by atoms with Crippen LogP contribution >= 0.6 is 0 Å². The summed E-state index contributed by atoms with van der Waals surface area (Å²) < 4.78 is 84.2. The summed E-state index contributed by atoms with van der Waals surface area (Å²) in [7, 11) is -40.7. The van der Waals surface area contributed by atoms with E-state index in [2.05, 4.69) is 0 Å². The fourth-order valence-electron chi connectivity index (χ4n) is 8.16. The first-order valence-electron chi connectivity index (χ1n) is 21.8. The van der Waals surface area contributed by atoms with Crippen molar-refractivity contribution < 1.29 is 207 Å². The van der Waals surface area contributed by atoms with E-state index in [1.54, 1.807) is 0 Å². The van der Waals surface area contributed by atoms with E-state index < -0.39 is 218 Å². The average molecular weight is 1370 g/mol. The van der Waals surface area contributed by atoms with Gasteiger partial charge in [0.05, 0.1) is 0 Å². The molecule has 6 fully saturated rings. The Labute approximate surface area is 472 Å². The molecule has 0 aromatic heterocycles. The zero-order valence-corrected chi connectivity index (χ0v) is 59.1. The quantitative estimate of drug-likeness (QED) is 0.0565. The number of hydrogen-bond donors (Lipinski definition) is 0. The smallest absolute Gasteiger partial charge is 0.550 e. The van der Waals surface area contributed by atoms with Crippen LogP contribution in [0.3, 0.4) is 0 Å². The van der Waals surface area contributed by atoms with E-state index in [9.17, 15) is 79.2 Å². The zero-order chi connectivity index (χ0) is 50.1. The third kappa shape index (κ3) is 20.1. The van der Waals surface area contributed by atoms with Crippen molar-refractivity contribution in [2.45, 2.75) is 151 Å². The van der Waals surface area contributed by atoms with Gasteiger partial charge in [0.1, 0.15) is 0 Å². The van der Waals surface area contributed by atoms with E-state index in [-0.39, 0.29) is 129 Å². The fraction of sp³-hybridized carbons (Fsp3) is 0.750. The molecule has 0 unspecified atom stereocenters. The minimum atomic E-state index is -5.09. The molecule has 6 heterocycles. The minimum absolute atomic E-state index is 0. The summed E-state index contributed by atoms with van der Waals surface area (Å²) >= 11 is 0. The number of rotatable bonds is 32. The molecule has 0 atom stereocenters. The van der Waals surface area contributed by atoms with Crippen molar-refractivity contribution in [2.24, 2.45) is 0 Å². The topological polar surface area (TPSA) is 432 Å². The van der Waals surface area contributed by atoms with E-state index in [1.165, 1.54) is 0 Å². The van der Waals surface area contributed by atoms with Crippen molar-refractivity contribution in [3.63, 3.8) is 0 Å². The van der Waals surface area contributed by atoms with Gasteiger partial charge in [0.2, 0.25) is 0 Å². The Morgan fingerprint density at radius 1 is 0.208 bits per heavy atom. The molecule has 6 saturated heterocycles. The molecular formula is C32H48O28Si8Zn4. The second kappa shape index (κ2) is 29.5. The van der Waals surface area contributed by atoms with Gasteiger partial charge in [-0.15, -0.1) is 0 Å². The number of aliphatic carboxylic acids is 8. The molecule has 0 spiro atoms. The Kier molecular flexibility index (Phi) is 28.5. The van der Waals surface area contributed by atoms with Crippen LogP contribution in [-0.4, -0.2) is 118 Å². The van der Waals surface area contributed by atoms with Crippen molar-refractivity contribution in [2.75, 3.05) is 0 Å². The summed E-state index contributed by atoms with van der Waals surface area (Å²) in [4.78, 5) is 95.4. The van der Waals surface area contributed by atoms with E-state index in [4.69, 9.17) is 49.4 Å². The third-order valence-electron chi connectivity index (χ3n) is 10.6. The molecule has 0 aliphatic carbocycles. The van der Waals surface area contributed by atoms with E-state index in [0.717, 1.165) is 0 Å². The van der Waals surface area contributed by atoms with Gasteiger partial charge in [-0.2, -0.15) is 0 Å². The van der Waals surface area contributed by atoms with Crippen LogP contribution in [0.25, 0.3) is 0 Å². The van der Waals surface area contributed by atoms with Crippen LogP contribution in [0.2, 0.25) is 48.4 Å². The van der Waals surface area contributed by atoms with Gasteiger partial charge >= 0.3 is 148 Å². The Balaban J connectivity index is 0.00000648. The molecule has 0 aromatic rings. The van der Waals surface area contributed by atoms with Gasteiger partial charge in [-0.25, -0.2) is 0 Å². The Morgan fingerprint density at radius 3 is 0.361 bits per heavy atom. The Hall–Kier alpha value is -0.491. The van der Waals surface area contributed by atoms with Gasteiger partial charge in [-0.3, -0.25) is 0 Å².